The summed E-state index contributed by atoms with van der Waals surface area (Å²) in [6.45, 7) is 5.57. The molecule has 0 bridgehead atoms. The van der Waals surface area contributed by atoms with Crippen molar-refractivity contribution in [3.05, 3.63) is 17.0 Å². The van der Waals surface area contributed by atoms with Crippen molar-refractivity contribution in [1.82, 2.24) is 0 Å². The monoisotopic (exact) mass is 239 g/mol. The van der Waals surface area contributed by atoms with E-state index in [1.165, 1.54) is 17.7 Å². The van der Waals surface area contributed by atoms with Crippen LogP contribution >= 0.6 is 11.3 Å². The van der Waals surface area contributed by atoms with E-state index in [1.807, 2.05) is 26.8 Å². The maximum atomic E-state index is 11.5. The van der Waals surface area contributed by atoms with Gasteiger partial charge in [0, 0.05) is 4.88 Å². The fourth-order valence-electron chi connectivity index (χ4n) is 1.41. The molecule has 4 heteroatoms. The number of ether oxygens (including phenoxy) is 1. The van der Waals surface area contributed by atoms with Gasteiger partial charge in [-0.15, -0.1) is 11.3 Å². The first-order valence-corrected chi connectivity index (χ1v) is 6.35. The van der Waals surface area contributed by atoms with E-state index in [4.69, 9.17) is 4.74 Å². The summed E-state index contributed by atoms with van der Waals surface area (Å²) >= 11 is 1.65. The van der Waals surface area contributed by atoms with Crippen LogP contribution in [0, 0.1) is 0 Å². The highest BCUT2D eigenvalue weighted by Gasteiger charge is 2.25. The summed E-state index contributed by atoms with van der Waals surface area (Å²) in [6, 6.07) is 4.04. The van der Waals surface area contributed by atoms with E-state index >= 15 is 0 Å². The molecule has 0 aliphatic heterocycles. The van der Waals surface area contributed by atoms with Gasteiger partial charge in [-0.25, -0.2) is 4.79 Å². The zero-order valence-corrected chi connectivity index (χ0v) is 10.7. The van der Waals surface area contributed by atoms with E-state index in [2.05, 4.69) is 11.4 Å². The number of hydrogen-bond acceptors (Lipinski definition) is 3. The first kappa shape index (κ1) is 11.5. The van der Waals surface area contributed by atoms with Crippen molar-refractivity contribution in [3.8, 4) is 0 Å². The summed E-state index contributed by atoms with van der Waals surface area (Å²) in [5.41, 5.74) is -0.444. The number of thiophene rings is 1. The van der Waals surface area contributed by atoms with Gasteiger partial charge in [0.25, 0.3) is 0 Å². The number of rotatable bonds is 2. The Balaban J connectivity index is 1.90. The van der Waals surface area contributed by atoms with Crippen molar-refractivity contribution in [2.24, 2.45) is 0 Å². The minimum absolute atomic E-state index is 0.378. The van der Waals surface area contributed by atoms with Crippen molar-refractivity contribution < 1.29 is 9.53 Å². The maximum Gasteiger partial charge on any atom is 0.412 e. The van der Waals surface area contributed by atoms with Crippen LogP contribution in [0.2, 0.25) is 0 Å². The number of carbonyl (C=O) groups is 1. The average Bonchev–Trinajstić information content (AvgIpc) is 2.85. The number of anilines is 1. The van der Waals surface area contributed by atoms with Gasteiger partial charge in [-0.05, 0) is 51.7 Å². The summed E-state index contributed by atoms with van der Waals surface area (Å²) in [6.07, 6.45) is 2.19. The average molecular weight is 239 g/mol. The molecule has 1 saturated carbocycles. The van der Waals surface area contributed by atoms with E-state index in [-0.39, 0.29) is 6.09 Å². The fourth-order valence-corrected chi connectivity index (χ4v) is 2.47. The van der Waals surface area contributed by atoms with Crippen LogP contribution in [-0.4, -0.2) is 11.7 Å². The molecule has 0 saturated heterocycles. The van der Waals surface area contributed by atoms with Gasteiger partial charge in [-0.2, -0.15) is 0 Å². The van der Waals surface area contributed by atoms with Crippen LogP contribution in [-0.2, 0) is 4.74 Å². The molecular formula is C12H17NO2S. The molecule has 0 atom stereocenters. The Morgan fingerprint density at radius 1 is 1.44 bits per heavy atom. The lowest BCUT2D eigenvalue weighted by atomic mass is 10.2. The molecule has 0 radical (unpaired) electrons. The van der Waals surface area contributed by atoms with Crippen molar-refractivity contribution in [1.29, 1.82) is 0 Å². The molecule has 1 amide bonds. The fraction of sp³-hybridized carbons (Fsp3) is 0.583. The summed E-state index contributed by atoms with van der Waals surface area (Å²) in [4.78, 5) is 12.9. The van der Waals surface area contributed by atoms with Gasteiger partial charge in [0.1, 0.15) is 5.60 Å². The smallest absolute Gasteiger partial charge is 0.412 e. The third kappa shape index (κ3) is 3.23. The molecule has 1 aliphatic rings. The molecule has 0 unspecified atom stereocenters. The van der Waals surface area contributed by atoms with Crippen molar-refractivity contribution in [2.75, 3.05) is 5.32 Å². The van der Waals surface area contributed by atoms with E-state index in [0.29, 0.717) is 0 Å². The Kier molecular flexibility index (Phi) is 2.93. The molecule has 0 spiro atoms. The first-order chi connectivity index (χ1) is 7.44. The number of carbonyl (C=O) groups excluding carboxylic acids is 1. The molecule has 1 fully saturated rings. The Morgan fingerprint density at radius 2 is 2.12 bits per heavy atom. The second-order valence-electron chi connectivity index (χ2n) is 5.10. The van der Waals surface area contributed by atoms with E-state index in [0.717, 1.165) is 10.9 Å². The zero-order valence-electron chi connectivity index (χ0n) is 9.87. The van der Waals surface area contributed by atoms with Crippen LogP contribution in [0.25, 0.3) is 0 Å². The lowest BCUT2D eigenvalue weighted by molar-refractivity contribution is 0.0636. The van der Waals surface area contributed by atoms with Gasteiger partial charge in [-0.1, -0.05) is 0 Å². The summed E-state index contributed by atoms with van der Waals surface area (Å²) in [5.74, 6) is 0.735. The second kappa shape index (κ2) is 4.09. The molecule has 1 aromatic heterocycles. The molecule has 16 heavy (non-hydrogen) atoms. The van der Waals surface area contributed by atoms with Crippen molar-refractivity contribution in [3.63, 3.8) is 0 Å². The molecule has 2 rings (SSSR count). The molecule has 88 valence electrons. The standard InChI is InChI=1S/C12H17NO2S/c1-12(2,3)15-11(14)13-10-7-6-9(16-10)8-4-5-8/h6-8H,4-5H2,1-3H3,(H,13,14). The van der Waals surface area contributed by atoms with E-state index < -0.39 is 5.60 Å². The van der Waals surface area contributed by atoms with Crippen LogP contribution in [0.15, 0.2) is 12.1 Å². The van der Waals surface area contributed by atoms with Gasteiger partial charge >= 0.3 is 6.09 Å². The molecule has 1 aromatic rings. The van der Waals surface area contributed by atoms with Gasteiger partial charge < -0.3 is 4.74 Å². The lowest BCUT2D eigenvalue weighted by Gasteiger charge is -2.19. The quantitative estimate of drug-likeness (QED) is 0.848. The molecule has 1 aliphatic carbocycles. The number of amides is 1. The topological polar surface area (TPSA) is 38.3 Å². The van der Waals surface area contributed by atoms with Gasteiger partial charge in [0.2, 0.25) is 0 Å². The second-order valence-corrected chi connectivity index (χ2v) is 6.22. The Morgan fingerprint density at radius 3 is 2.69 bits per heavy atom. The predicted octanol–water partition coefficient (Wildman–Crippen LogP) is 3.97. The third-order valence-electron chi connectivity index (χ3n) is 2.23. The highest BCUT2D eigenvalue weighted by molar-refractivity contribution is 7.16. The Labute approximate surface area is 99.8 Å². The summed E-state index contributed by atoms with van der Waals surface area (Å²) in [7, 11) is 0. The number of hydrogen-bond donors (Lipinski definition) is 1. The van der Waals surface area contributed by atoms with Crippen LogP contribution in [0.1, 0.15) is 44.4 Å². The molecule has 1 N–H and O–H groups in total. The molecule has 3 nitrogen and oxygen atoms in total. The normalized spacial score (nSPS) is 15.9. The predicted molar refractivity (Wildman–Crippen MR) is 66.2 cm³/mol. The Hall–Kier alpha value is -1.03. The van der Waals surface area contributed by atoms with Gasteiger partial charge in [-0.3, -0.25) is 5.32 Å². The molecule has 0 aromatic carbocycles. The van der Waals surface area contributed by atoms with Crippen molar-refractivity contribution in [2.45, 2.75) is 45.1 Å². The highest BCUT2D eigenvalue weighted by Crippen LogP contribution is 2.44. The van der Waals surface area contributed by atoms with Gasteiger partial charge in [0.15, 0.2) is 0 Å². The van der Waals surface area contributed by atoms with Crippen LogP contribution in [0.3, 0.4) is 0 Å². The lowest BCUT2D eigenvalue weighted by Crippen LogP contribution is -2.26. The first-order valence-electron chi connectivity index (χ1n) is 5.54. The van der Waals surface area contributed by atoms with Crippen LogP contribution in [0.4, 0.5) is 9.80 Å². The van der Waals surface area contributed by atoms with E-state index in [9.17, 15) is 4.79 Å². The minimum Gasteiger partial charge on any atom is -0.444 e. The van der Waals surface area contributed by atoms with Gasteiger partial charge in [0.05, 0.1) is 5.00 Å². The van der Waals surface area contributed by atoms with Crippen molar-refractivity contribution >= 4 is 22.4 Å². The summed E-state index contributed by atoms with van der Waals surface area (Å²) < 4.78 is 5.18. The SMILES string of the molecule is CC(C)(C)OC(=O)Nc1ccc(C2CC2)s1. The Bertz CT molecular complexity index is 388. The largest absolute Gasteiger partial charge is 0.444 e. The highest BCUT2D eigenvalue weighted by atomic mass is 32.1. The third-order valence-corrected chi connectivity index (χ3v) is 3.39. The zero-order chi connectivity index (χ0) is 11.8. The summed E-state index contributed by atoms with van der Waals surface area (Å²) in [5, 5.41) is 3.63. The van der Waals surface area contributed by atoms with Crippen LogP contribution < -0.4 is 5.32 Å². The maximum absolute atomic E-state index is 11.5. The minimum atomic E-state index is -0.444. The molecule has 1 heterocycles. The molecular weight excluding hydrogens is 222 g/mol. The van der Waals surface area contributed by atoms with Crippen LogP contribution in [0.5, 0.6) is 0 Å². The number of nitrogens with one attached hydrogen (secondary N) is 1. The van der Waals surface area contributed by atoms with E-state index in [1.54, 1.807) is 11.3 Å².